The van der Waals surface area contributed by atoms with Crippen LogP contribution in [0.4, 0.5) is 0 Å². The van der Waals surface area contributed by atoms with Gasteiger partial charge in [-0.1, -0.05) is 6.92 Å². The van der Waals surface area contributed by atoms with Gasteiger partial charge in [0, 0.05) is 0 Å². The minimum absolute atomic E-state index is 0.311. The predicted molar refractivity (Wildman–Crippen MR) is 45.7 cm³/mol. The zero-order valence-electron chi connectivity index (χ0n) is 7.97. The average Bonchev–Trinajstić information content (AvgIpc) is 2.03. The van der Waals surface area contributed by atoms with Crippen LogP contribution in [0.1, 0.15) is 20.3 Å². The topological polar surface area (TPSA) is 115 Å². The summed E-state index contributed by atoms with van der Waals surface area (Å²) in [5.41, 5.74) is -2.32. The summed E-state index contributed by atoms with van der Waals surface area (Å²) < 4.78 is 0. The van der Waals surface area contributed by atoms with E-state index < -0.39 is 29.6 Å². The number of aliphatic hydroxyl groups excluding tert-OH is 1. The molecule has 0 aromatic carbocycles. The van der Waals surface area contributed by atoms with Crippen molar-refractivity contribution in [2.75, 3.05) is 0 Å². The number of carbonyl (C=O) groups is 2. The first-order valence-corrected chi connectivity index (χ1v) is 4.06. The lowest BCUT2D eigenvalue weighted by atomic mass is 9.91. The van der Waals surface area contributed by atoms with Gasteiger partial charge in [0.15, 0.2) is 5.60 Å². The molecule has 6 heteroatoms. The van der Waals surface area contributed by atoms with E-state index in [0.717, 1.165) is 6.92 Å². The van der Waals surface area contributed by atoms with Gasteiger partial charge in [-0.2, -0.15) is 0 Å². The molecule has 0 bridgehead atoms. The third-order valence-corrected chi connectivity index (χ3v) is 2.08. The maximum atomic E-state index is 10.5. The molecule has 0 aromatic heterocycles. The molecule has 0 aliphatic carbocycles. The smallest absolute Gasteiger partial charge is 0.338 e. The van der Waals surface area contributed by atoms with Crippen molar-refractivity contribution in [3.63, 3.8) is 0 Å². The normalized spacial score (nSPS) is 19.4. The van der Waals surface area contributed by atoms with Crippen LogP contribution in [0.2, 0.25) is 0 Å². The van der Waals surface area contributed by atoms with Crippen LogP contribution >= 0.6 is 0 Å². The quantitative estimate of drug-likeness (QED) is 0.472. The highest BCUT2D eigenvalue weighted by atomic mass is 16.4. The maximum Gasteiger partial charge on any atom is 0.338 e. The second-order valence-electron chi connectivity index (χ2n) is 3.44. The third-order valence-electron chi connectivity index (χ3n) is 2.08. The summed E-state index contributed by atoms with van der Waals surface area (Å²) in [5.74, 6) is -3.64. The van der Waals surface area contributed by atoms with Crippen molar-refractivity contribution in [1.29, 1.82) is 0 Å². The molecule has 4 N–H and O–H groups in total. The molecule has 0 amide bonds. The molecule has 0 heterocycles. The Balaban J connectivity index is 4.41. The minimum Gasteiger partial charge on any atom is -0.481 e. The highest BCUT2D eigenvalue weighted by Crippen LogP contribution is 2.17. The standard InChI is InChI=1S/C8H14O6/c1-4(6(10)11)3-5(9)8(2,14)7(12)13/h4-5,9,14H,3H2,1-2H3,(H,10,11)(H,12,13). The summed E-state index contributed by atoms with van der Waals surface area (Å²) in [6.45, 7) is 2.25. The minimum atomic E-state index is -2.32. The predicted octanol–water partition coefficient (Wildman–Crippen LogP) is -0.706. The fraction of sp³-hybridized carbons (Fsp3) is 0.750. The van der Waals surface area contributed by atoms with Crippen LogP contribution in [0.3, 0.4) is 0 Å². The number of aliphatic hydroxyl groups is 2. The molecule has 3 unspecified atom stereocenters. The second-order valence-corrected chi connectivity index (χ2v) is 3.44. The Morgan fingerprint density at radius 2 is 1.79 bits per heavy atom. The van der Waals surface area contributed by atoms with Crippen molar-refractivity contribution in [2.45, 2.75) is 32.0 Å². The lowest BCUT2D eigenvalue weighted by Gasteiger charge is -2.25. The van der Waals surface area contributed by atoms with E-state index in [-0.39, 0.29) is 6.42 Å². The third kappa shape index (κ3) is 2.97. The number of carboxylic acids is 2. The van der Waals surface area contributed by atoms with Crippen molar-refractivity contribution in [2.24, 2.45) is 5.92 Å². The first kappa shape index (κ1) is 12.9. The first-order valence-electron chi connectivity index (χ1n) is 4.06. The van der Waals surface area contributed by atoms with Crippen LogP contribution in [0.5, 0.6) is 0 Å². The average molecular weight is 206 g/mol. The van der Waals surface area contributed by atoms with E-state index in [1.807, 2.05) is 0 Å². The molecule has 0 radical (unpaired) electrons. The van der Waals surface area contributed by atoms with E-state index in [1.165, 1.54) is 6.92 Å². The van der Waals surface area contributed by atoms with Gasteiger partial charge in [0.1, 0.15) is 0 Å². The van der Waals surface area contributed by atoms with Crippen molar-refractivity contribution in [1.82, 2.24) is 0 Å². The molecule has 0 aliphatic rings. The summed E-state index contributed by atoms with van der Waals surface area (Å²) >= 11 is 0. The highest BCUT2D eigenvalue weighted by Gasteiger charge is 2.39. The molecule has 0 saturated heterocycles. The number of aliphatic carboxylic acids is 2. The zero-order valence-corrected chi connectivity index (χ0v) is 7.97. The Bertz CT molecular complexity index is 234. The van der Waals surface area contributed by atoms with Crippen molar-refractivity contribution in [3.8, 4) is 0 Å². The molecular formula is C8H14O6. The van der Waals surface area contributed by atoms with Crippen molar-refractivity contribution < 1.29 is 30.0 Å². The summed E-state index contributed by atoms with van der Waals surface area (Å²) in [7, 11) is 0. The van der Waals surface area contributed by atoms with E-state index in [9.17, 15) is 19.8 Å². The monoisotopic (exact) mass is 206 g/mol. The molecular weight excluding hydrogens is 192 g/mol. The molecule has 3 atom stereocenters. The van der Waals surface area contributed by atoms with Crippen LogP contribution in [0.15, 0.2) is 0 Å². The SMILES string of the molecule is CC(CC(O)C(C)(O)C(=O)O)C(=O)O. The number of rotatable bonds is 5. The number of hydrogen-bond donors (Lipinski definition) is 4. The van der Waals surface area contributed by atoms with Gasteiger partial charge in [-0.15, -0.1) is 0 Å². The van der Waals surface area contributed by atoms with Crippen molar-refractivity contribution in [3.05, 3.63) is 0 Å². The fourth-order valence-electron chi connectivity index (χ4n) is 0.808. The number of hydrogen-bond acceptors (Lipinski definition) is 4. The van der Waals surface area contributed by atoms with Crippen LogP contribution in [0.25, 0.3) is 0 Å². The first-order chi connectivity index (χ1) is 6.19. The Labute approximate surface area is 80.8 Å². The molecule has 0 spiro atoms. The van der Waals surface area contributed by atoms with E-state index in [2.05, 4.69) is 0 Å². The van der Waals surface area contributed by atoms with E-state index >= 15 is 0 Å². The van der Waals surface area contributed by atoms with Crippen LogP contribution in [-0.4, -0.2) is 44.1 Å². The Kier molecular flexibility index (Phi) is 4.03. The lowest BCUT2D eigenvalue weighted by molar-refractivity contribution is -0.171. The van der Waals surface area contributed by atoms with E-state index in [0.29, 0.717) is 0 Å². The summed E-state index contributed by atoms with van der Waals surface area (Å²) in [6, 6.07) is 0. The molecule has 0 rings (SSSR count). The maximum absolute atomic E-state index is 10.5. The van der Waals surface area contributed by atoms with Crippen LogP contribution in [0, 0.1) is 5.92 Å². The van der Waals surface area contributed by atoms with E-state index in [4.69, 9.17) is 10.2 Å². The van der Waals surface area contributed by atoms with Gasteiger partial charge in [0.05, 0.1) is 12.0 Å². The largest absolute Gasteiger partial charge is 0.481 e. The van der Waals surface area contributed by atoms with Gasteiger partial charge in [-0.25, -0.2) is 4.79 Å². The summed E-state index contributed by atoms with van der Waals surface area (Å²) in [5, 5.41) is 35.5. The molecule has 82 valence electrons. The lowest BCUT2D eigenvalue weighted by Crippen LogP contribution is -2.47. The van der Waals surface area contributed by atoms with Gasteiger partial charge in [-0.3, -0.25) is 4.79 Å². The summed E-state index contributed by atoms with van der Waals surface area (Å²) in [6.07, 6.45) is -1.92. The summed E-state index contributed by atoms with van der Waals surface area (Å²) in [4.78, 5) is 20.8. The molecule has 0 aliphatic heterocycles. The highest BCUT2D eigenvalue weighted by molar-refractivity contribution is 5.77. The van der Waals surface area contributed by atoms with Gasteiger partial charge in [0.25, 0.3) is 0 Å². The van der Waals surface area contributed by atoms with Crippen molar-refractivity contribution >= 4 is 11.9 Å². The van der Waals surface area contributed by atoms with Gasteiger partial charge >= 0.3 is 11.9 Å². The van der Waals surface area contributed by atoms with Crippen LogP contribution < -0.4 is 0 Å². The van der Waals surface area contributed by atoms with Gasteiger partial charge in [-0.05, 0) is 13.3 Å². The van der Waals surface area contributed by atoms with E-state index in [1.54, 1.807) is 0 Å². The van der Waals surface area contributed by atoms with Crippen LogP contribution in [-0.2, 0) is 9.59 Å². The Hall–Kier alpha value is -1.14. The van der Waals surface area contributed by atoms with Gasteiger partial charge < -0.3 is 20.4 Å². The Morgan fingerprint density at radius 1 is 1.36 bits per heavy atom. The zero-order chi connectivity index (χ0) is 11.5. The Morgan fingerprint density at radius 3 is 2.07 bits per heavy atom. The number of carboxylic acid groups (broad SMARTS) is 2. The fourth-order valence-corrected chi connectivity index (χ4v) is 0.808. The molecule has 14 heavy (non-hydrogen) atoms. The molecule has 0 fully saturated rings. The molecule has 6 nitrogen and oxygen atoms in total. The molecule has 0 aromatic rings. The second kappa shape index (κ2) is 4.39. The molecule has 0 saturated carbocycles. The van der Waals surface area contributed by atoms with Gasteiger partial charge in [0.2, 0.25) is 0 Å².